The third kappa shape index (κ3) is 5.26. The van der Waals surface area contributed by atoms with Crippen LogP contribution in [0.4, 0.5) is 11.6 Å². The van der Waals surface area contributed by atoms with Gasteiger partial charge in [-0.3, -0.25) is 9.78 Å². The maximum atomic E-state index is 12.5. The Balaban J connectivity index is 1.62. The zero-order valence-corrected chi connectivity index (χ0v) is 16.0. The van der Waals surface area contributed by atoms with E-state index in [9.17, 15) is 4.79 Å². The minimum absolute atomic E-state index is 0.282. The minimum Gasteiger partial charge on any atom is -0.494 e. The number of anilines is 2. The van der Waals surface area contributed by atoms with Crippen LogP contribution in [0, 0.1) is 0 Å². The molecule has 0 saturated carbocycles. The molecule has 7 nitrogen and oxygen atoms in total. The second kappa shape index (κ2) is 9.45. The number of hydrogen-bond acceptors (Lipinski definition) is 6. The highest BCUT2D eigenvalue weighted by Gasteiger charge is 2.12. The van der Waals surface area contributed by atoms with Gasteiger partial charge in [0.1, 0.15) is 11.4 Å². The van der Waals surface area contributed by atoms with Gasteiger partial charge in [-0.15, -0.1) is 0 Å². The van der Waals surface area contributed by atoms with E-state index in [2.05, 4.69) is 20.3 Å². The summed E-state index contributed by atoms with van der Waals surface area (Å²) in [6.07, 6.45) is 5.98. The van der Waals surface area contributed by atoms with E-state index in [1.807, 2.05) is 43.1 Å². The Bertz CT molecular complexity index is 900. The van der Waals surface area contributed by atoms with Crippen LogP contribution in [0.5, 0.6) is 5.75 Å². The number of rotatable bonds is 8. The maximum absolute atomic E-state index is 12.5. The molecule has 0 unspecified atom stereocenters. The average molecular weight is 377 g/mol. The highest BCUT2D eigenvalue weighted by atomic mass is 16.5. The number of carbonyl (C=O) groups excluding carboxylic acids is 1. The first-order chi connectivity index (χ1) is 13.7. The first kappa shape index (κ1) is 19.3. The van der Waals surface area contributed by atoms with Crippen molar-refractivity contribution in [3.8, 4) is 5.75 Å². The Morgan fingerprint density at radius 1 is 1.07 bits per heavy atom. The molecule has 0 atom stereocenters. The van der Waals surface area contributed by atoms with Crippen molar-refractivity contribution in [2.24, 2.45) is 0 Å². The summed E-state index contributed by atoms with van der Waals surface area (Å²) < 4.78 is 5.41. The third-order valence-electron chi connectivity index (χ3n) is 4.13. The van der Waals surface area contributed by atoms with Crippen molar-refractivity contribution in [2.75, 3.05) is 30.4 Å². The van der Waals surface area contributed by atoms with Gasteiger partial charge in [0.05, 0.1) is 6.61 Å². The summed E-state index contributed by atoms with van der Waals surface area (Å²) in [5.74, 6) is 0.990. The van der Waals surface area contributed by atoms with Crippen LogP contribution in [-0.4, -0.2) is 41.1 Å². The summed E-state index contributed by atoms with van der Waals surface area (Å²) in [5.41, 5.74) is 2.18. The summed E-state index contributed by atoms with van der Waals surface area (Å²) in [5, 5.41) is 2.84. The molecule has 1 amide bonds. The van der Waals surface area contributed by atoms with E-state index in [1.54, 1.807) is 36.8 Å². The number of nitrogens with zero attached hydrogens (tertiary/aromatic N) is 4. The van der Waals surface area contributed by atoms with E-state index in [1.165, 1.54) is 5.56 Å². The number of likely N-dealkylation sites (N-methyl/N-ethyl adjacent to an activating group) is 1. The van der Waals surface area contributed by atoms with Crippen LogP contribution in [-0.2, 0) is 6.42 Å². The monoisotopic (exact) mass is 377 g/mol. The molecule has 2 aromatic heterocycles. The van der Waals surface area contributed by atoms with Crippen molar-refractivity contribution in [2.45, 2.75) is 13.3 Å². The number of hydrogen-bond donors (Lipinski definition) is 1. The lowest BCUT2D eigenvalue weighted by atomic mass is 10.2. The predicted octanol–water partition coefficient (Wildman–Crippen LogP) is 3.20. The normalized spacial score (nSPS) is 10.4. The van der Waals surface area contributed by atoms with Gasteiger partial charge in [-0.05, 0) is 61.4 Å². The zero-order valence-electron chi connectivity index (χ0n) is 16.0. The topological polar surface area (TPSA) is 80.2 Å². The van der Waals surface area contributed by atoms with E-state index >= 15 is 0 Å². The van der Waals surface area contributed by atoms with Crippen LogP contribution >= 0.6 is 0 Å². The molecular weight excluding hydrogens is 354 g/mol. The van der Waals surface area contributed by atoms with Gasteiger partial charge in [0.15, 0.2) is 0 Å². The van der Waals surface area contributed by atoms with Crippen molar-refractivity contribution in [1.82, 2.24) is 15.0 Å². The van der Waals surface area contributed by atoms with E-state index < -0.39 is 0 Å². The van der Waals surface area contributed by atoms with Crippen LogP contribution in [0.1, 0.15) is 23.0 Å². The zero-order chi connectivity index (χ0) is 19.8. The predicted molar refractivity (Wildman–Crippen MR) is 109 cm³/mol. The van der Waals surface area contributed by atoms with Crippen LogP contribution in [0.2, 0.25) is 0 Å². The number of benzene rings is 1. The Kier molecular flexibility index (Phi) is 6.51. The van der Waals surface area contributed by atoms with Crippen molar-refractivity contribution in [1.29, 1.82) is 0 Å². The fourth-order valence-electron chi connectivity index (χ4n) is 2.60. The lowest BCUT2D eigenvalue weighted by Gasteiger charge is -2.17. The van der Waals surface area contributed by atoms with Gasteiger partial charge >= 0.3 is 0 Å². The first-order valence-corrected chi connectivity index (χ1v) is 9.13. The molecule has 144 valence electrons. The highest BCUT2D eigenvalue weighted by molar-refractivity contribution is 6.03. The second-order valence-corrected chi connectivity index (χ2v) is 6.18. The van der Waals surface area contributed by atoms with Crippen molar-refractivity contribution < 1.29 is 9.53 Å². The molecule has 3 aromatic rings. The van der Waals surface area contributed by atoms with Crippen molar-refractivity contribution in [3.05, 3.63) is 72.3 Å². The van der Waals surface area contributed by atoms with E-state index in [-0.39, 0.29) is 5.91 Å². The molecule has 0 aliphatic carbocycles. The molecule has 0 fully saturated rings. The quantitative estimate of drug-likeness (QED) is 0.649. The molecule has 3 rings (SSSR count). The summed E-state index contributed by atoms with van der Waals surface area (Å²) in [4.78, 5) is 27.1. The molecule has 0 aliphatic heterocycles. The summed E-state index contributed by atoms with van der Waals surface area (Å²) in [6.45, 7) is 3.26. The van der Waals surface area contributed by atoms with E-state index in [0.717, 1.165) is 18.7 Å². The van der Waals surface area contributed by atoms with Crippen molar-refractivity contribution >= 4 is 17.5 Å². The molecule has 1 N–H and O–H groups in total. The van der Waals surface area contributed by atoms with Crippen molar-refractivity contribution in [3.63, 3.8) is 0 Å². The van der Waals surface area contributed by atoms with Gasteiger partial charge in [0.2, 0.25) is 5.95 Å². The molecule has 0 saturated heterocycles. The standard InChI is InChI=1S/C21H23N5O2/c1-3-28-18-6-4-17(5-7-18)24-20(27)19-10-14-23-21(25-19)26(2)15-11-16-8-12-22-13-9-16/h4-10,12-14H,3,11,15H2,1-2H3,(H,24,27). The molecule has 1 aromatic carbocycles. The summed E-state index contributed by atoms with van der Waals surface area (Å²) in [6, 6.07) is 12.8. The van der Waals surface area contributed by atoms with Gasteiger partial charge in [-0.2, -0.15) is 0 Å². The number of aromatic nitrogens is 3. The van der Waals surface area contributed by atoms with E-state index in [0.29, 0.717) is 23.9 Å². The van der Waals surface area contributed by atoms with Gasteiger partial charge < -0.3 is 15.0 Å². The van der Waals surface area contributed by atoms with Gasteiger partial charge in [0, 0.05) is 37.9 Å². The van der Waals surface area contributed by atoms with Crippen LogP contribution in [0.15, 0.2) is 61.1 Å². The third-order valence-corrected chi connectivity index (χ3v) is 4.13. The molecule has 7 heteroatoms. The maximum Gasteiger partial charge on any atom is 0.274 e. The van der Waals surface area contributed by atoms with Crippen LogP contribution < -0.4 is 15.0 Å². The van der Waals surface area contributed by atoms with Gasteiger partial charge in [0.25, 0.3) is 5.91 Å². The van der Waals surface area contributed by atoms with Crippen LogP contribution in [0.3, 0.4) is 0 Å². The van der Waals surface area contributed by atoms with Gasteiger partial charge in [-0.1, -0.05) is 0 Å². The highest BCUT2D eigenvalue weighted by Crippen LogP contribution is 2.16. The average Bonchev–Trinajstić information content (AvgIpc) is 2.74. The number of carbonyl (C=O) groups is 1. The number of ether oxygens (including phenoxy) is 1. The molecule has 0 aliphatic rings. The number of pyridine rings is 1. The smallest absolute Gasteiger partial charge is 0.274 e. The molecule has 0 spiro atoms. The number of amides is 1. The Hall–Kier alpha value is -3.48. The fourth-order valence-corrected chi connectivity index (χ4v) is 2.60. The minimum atomic E-state index is -0.282. The molecule has 28 heavy (non-hydrogen) atoms. The molecule has 2 heterocycles. The number of nitrogens with one attached hydrogen (secondary N) is 1. The Labute approximate surface area is 164 Å². The molecule has 0 bridgehead atoms. The lowest BCUT2D eigenvalue weighted by molar-refractivity contribution is 0.102. The van der Waals surface area contributed by atoms with Gasteiger partial charge in [-0.25, -0.2) is 9.97 Å². The fraction of sp³-hybridized carbons (Fsp3) is 0.238. The van der Waals surface area contributed by atoms with E-state index in [4.69, 9.17) is 4.74 Å². The lowest BCUT2D eigenvalue weighted by Crippen LogP contribution is -2.24. The Morgan fingerprint density at radius 3 is 2.54 bits per heavy atom. The molecule has 0 radical (unpaired) electrons. The second-order valence-electron chi connectivity index (χ2n) is 6.18. The Morgan fingerprint density at radius 2 is 1.82 bits per heavy atom. The SMILES string of the molecule is CCOc1ccc(NC(=O)c2ccnc(N(C)CCc3ccncc3)n2)cc1. The largest absolute Gasteiger partial charge is 0.494 e. The summed E-state index contributed by atoms with van der Waals surface area (Å²) >= 11 is 0. The van der Waals surface area contributed by atoms with Crippen LogP contribution in [0.25, 0.3) is 0 Å². The first-order valence-electron chi connectivity index (χ1n) is 9.13. The molecular formula is C21H23N5O2. The summed E-state index contributed by atoms with van der Waals surface area (Å²) in [7, 11) is 1.91.